The SMILES string of the molecule is Cc1nn(-c2ccc(F)cc2)c(C)c1C(=O)N1CCN2CCNC(=O)[C@H]2C1. The number of nitrogens with one attached hydrogen (secondary N) is 1. The molecule has 0 spiro atoms. The molecule has 2 aliphatic rings. The molecule has 2 fully saturated rings. The number of benzene rings is 1. The van der Waals surface area contributed by atoms with Crippen molar-refractivity contribution in [2.24, 2.45) is 0 Å². The number of fused-ring (bicyclic) bond motifs is 1. The molecule has 0 radical (unpaired) electrons. The van der Waals surface area contributed by atoms with E-state index in [4.69, 9.17) is 0 Å². The van der Waals surface area contributed by atoms with Crippen molar-refractivity contribution >= 4 is 11.8 Å². The minimum absolute atomic E-state index is 0.0193. The van der Waals surface area contributed by atoms with Gasteiger partial charge in [-0.3, -0.25) is 14.5 Å². The molecule has 27 heavy (non-hydrogen) atoms. The van der Waals surface area contributed by atoms with Gasteiger partial charge in [0.15, 0.2) is 0 Å². The molecule has 7 nitrogen and oxygen atoms in total. The summed E-state index contributed by atoms with van der Waals surface area (Å²) in [5, 5.41) is 7.35. The first-order valence-electron chi connectivity index (χ1n) is 9.09. The highest BCUT2D eigenvalue weighted by Gasteiger charge is 2.37. The maximum absolute atomic E-state index is 13.2. The van der Waals surface area contributed by atoms with Gasteiger partial charge in [0.25, 0.3) is 5.91 Å². The van der Waals surface area contributed by atoms with Gasteiger partial charge in [-0.05, 0) is 38.1 Å². The van der Waals surface area contributed by atoms with Gasteiger partial charge in [0.1, 0.15) is 11.9 Å². The van der Waals surface area contributed by atoms with Crippen LogP contribution in [0.3, 0.4) is 0 Å². The largest absolute Gasteiger partial charge is 0.353 e. The third-order valence-electron chi connectivity index (χ3n) is 5.36. The van der Waals surface area contributed by atoms with Crippen molar-refractivity contribution in [2.75, 3.05) is 32.7 Å². The molecule has 8 heteroatoms. The number of carbonyl (C=O) groups is 2. The van der Waals surface area contributed by atoms with E-state index >= 15 is 0 Å². The Hall–Kier alpha value is -2.74. The standard InChI is InChI=1S/C19H22FN5O2/c1-12-17(13(2)25(22-12)15-5-3-14(20)4-6-15)19(27)24-10-9-23-8-7-21-18(26)16(23)11-24/h3-6,16H,7-11H2,1-2H3,(H,21,26)/t16-/m1/s1. The van der Waals surface area contributed by atoms with E-state index in [1.165, 1.54) is 12.1 Å². The fraction of sp³-hybridized carbons (Fsp3) is 0.421. The van der Waals surface area contributed by atoms with Crippen molar-refractivity contribution in [1.29, 1.82) is 0 Å². The highest BCUT2D eigenvalue weighted by molar-refractivity contribution is 5.97. The molecule has 142 valence electrons. The number of piperazine rings is 2. The van der Waals surface area contributed by atoms with Crippen molar-refractivity contribution in [3.05, 3.63) is 47.0 Å². The maximum Gasteiger partial charge on any atom is 0.257 e. The predicted molar refractivity (Wildman–Crippen MR) is 97.3 cm³/mol. The summed E-state index contributed by atoms with van der Waals surface area (Å²) in [6.45, 7) is 6.76. The second-order valence-electron chi connectivity index (χ2n) is 7.03. The molecule has 3 heterocycles. The molecule has 2 aliphatic heterocycles. The van der Waals surface area contributed by atoms with Gasteiger partial charge in [-0.15, -0.1) is 0 Å². The zero-order valence-electron chi connectivity index (χ0n) is 15.4. The van der Waals surface area contributed by atoms with E-state index in [1.807, 2.05) is 6.92 Å². The summed E-state index contributed by atoms with van der Waals surface area (Å²) in [5.74, 6) is -0.453. The lowest BCUT2D eigenvalue weighted by Crippen LogP contribution is -2.64. The monoisotopic (exact) mass is 371 g/mol. The molecular weight excluding hydrogens is 349 g/mol. The number of hydrogen-bond acceptors (Lipinski definition) is 4. The molecule has 0 aliphatic carbocycles. The van der Waals surface area contributed by atoms with Crippen molar-refractivity contribution in [1.82, 2.24) is 24.9 Å². The number of nitrogens with zero attached hydrogens (tertiary/aromatic N) is 4. The summed E-state index contributed by atoms with van der Waals surface area (Å²) in [6.07, 6.45) is 0. The lowest BCUT2D eigenvalue weighted by molar-refractivity contribution is -0.131. The average Bonchev–Trinajstić information content (AvgIpc) is 2.96. The minimum Gasteiger partial charge on any atom is -0.353 e. The molecule has 2 amide bonds. The number of rotatable bonds is 2. The van der Waals surface area contributed by atoms with Crippen LogP contribution in [0.1, 0.15) is 21.7 Å². The fourth-order valence-corrected chi connectivity index (χ4v) is 3.91. The topological polar surface area (TPSA) is 70.5 Å². The zero-order valence-corrected chi connectivity index (χ0v) is 15.4. The lowest BCUT2D eigenvalue weighted by atomic mass is 10.1. The molecule has 0 unspecified atom stereocenters. The summed E-state index contributed by atoms with van der Waals surface area (Å²) < 4.78 is 14.9. The van der Waals surface area contributed by atoms with Gasteiger partial charge in [-0.2, -0.15) is 5.10 Å². The second-order valence-corrected chi connectivity index (χ2v) is 7.03. The Morgan fingerprint density at radius 2 is 1.93 bits per heavy atom. The third kappa shape index (κ3) is 3.10. The zero-order chi connectivity index (χ0) is 19.1. The summed E-state index contributed by atoms with van der Waals surface area (Å²) >= 11 is 0. The average molecular weight is 371 g/mol. The maximum atomic E-state index is 13.2. The van der Waals surface area contributed by atoms with Crippen LogP contribution in [-0.4, -0.2) is 70.2 Å². The number of halogens is 1. The van der Waals surface area contributed by atoms with Crippen molar-refractivity contribution < 1.29 is 14.0 Å². The van der Waals surface area contributed by atoms with Crippen LogP contribution >= 0.6 is 0 Å². The summed E-state index contributed by atoms with van der Waals surface area (Å²) in [4.78, 5) is 29.2. The Kier molecular flexibility index (Phi) is 4.43. The normalized spacial score (nSPS) is 20.3. The van der Waals surface area contributed by atoms with E-state index in [9.17, 15) is 14.0 Å². The molecule has 1 atom stereocenters. The number of aryl methyl sites for hydroxylation is 1. The van der Waals surface area contributed by atoms with Crippen molar-refractivity contribution in [2.45, 2.75) is 19.9 Å². The summed E-state index contributed by atoms with van der Waals surface area (Å²) in [6, 6.07) is 5.72. The van der Waals surface area contributed by atoms with Gasteiger partial charge >= 0.3 is 0 Å². The Labute approximate surface area is 156 Å². The van der Waals surface area contributed by atoms with Crippen LogP contribution in [-0.2, 0) is 4.79 Å². The van der Waals surface area contributed by atoms with E-state index in [0.717, 1.165) is 6.54 Å². The van der Waals surface area contributed by atoms with Crippen LogP contribution in [0.25, 0.3) is 5.69 Å². The van der Waals surface area contributed by atoms with Crippen LogP contribution in [0.2, 0.25) is 0 Å². The van der Waals surface area contributed by atoms with E-state index in [-0.39, 0.29) is 23.7 Å². The minimum atomic E-state index is -0.319. The van der Waals surface area contributed by atoms with Gasteiger partial charge in [0.2, 0.25) is 5.91 Å². The molecule has 0 saturated carbocycles. The molecule has 2 aromatic rings. The van der Waals surface area contributed by atoms with Gasteiger partial charge in [-0.1, -0.05) is 0 Å². The molecule has 0 bridgehead atoms. The Morgan fingerprint density at radius 3 is 2.67 bits per heavy atom. The molecular formula is C19H22FN5O2. The van der Waals surface area contributed by atoms with Crippen molar-refractivity contribution in [3.63, 3.8) is 0 Å². The third-order valence-corrected chi connectivity index (χ3v) is 5.36. The van der Waals surface area contributed by atoms with Crippen LogP contribution in [0, 0.1) is 19.7 Å². The van der Waals surface area contributed by atoms with Gasteiger partial charge in [-0.25, -0.2) is 9.07 Å². The second kappa shape index (κ2) is 6.77. The highest BCUT2D eigenvalue weighted by Crippen LogP contribution is 2.22. The van der Waals surface area contributed by atoms with E-state index < -0.39 is 0 Å². The molecule has 4 rings (SSSR count). The van der Waals surface area contributed by atoms with Crippen LogP contribution in [0.5, 0.6) is 0 Å². The van der Waals surface area contributed by atoms with E-state index in [0.29, 0.717) is 48.8 Å². The molecule has 2 saturated heterocycles. The summed E-state index contributed by atoms with van der Waals surface area (Å²) in [5.41, 5.74) is 2.58. The Balaban J connectivity index is 1.61. The van der Waals surface area contributed by atoms with Crippen LogP contribution in [0.4, 0.5) is 4.39 Å². The first-order valence-corrected chi connectivity index (χ1v) is 9.09. The number of amides is 2. The van der Waals surface area contributed by atoms with Gasteiger partial charge < -0.3 is 10.2 Å². The first kappa shape index (κ1) is 17.7. The van der Waals surface area contributed by atoms with Gasteiger partial charge in [0, 0.05) is 32.7 Å². The lowest BCUT2D eigenvalue weighted by Gasteiger charge is -2.43. The molecule has 1 aromatic heterocycles. The molecule has 1 aromatic carbocycles. The fourth-order valence-electron chi connectivity index (χ4n) is 3.91. The summed E-state index contributed by atoms with van der Waals surface area (Å²) in [7, 11) is 0. The Morgan fingerprint density at radius 1 is 1.19 bits per heavy atom. The number of aromatic nitrogens is 2. The number of hydrogen-bond donors (Lipinski definition) is 1. The van der Waals surface area contributed by atoms with Gasteiger partial charge in [0.05, 0.1) is 22.6 Å². The van der Waals surface area contributed by atoms with Crippen LogP contribution in [0.15, 0.2) is 24.3 Å². The van der Waals surface area contributed by atoms with E-state index in [2.05, 4.69) is 15.3 Å². The Bertz CT molecular complexity index is 892. The van der Waals surface area contributed by atoms with Crippen molar-refractivity contribution in [3.8, 4) is 5.69 Å². The smallest absolute Gasteiger partial charge is 0.257 e. The number of carbonyl (C=O) groups excluding carboxylic acids is 2. The highest BCUT2D eigenvalue weighted by atomic mass is 19.1. The predicted octanol–water partition coefficient (Wildman–Crippen LogP) is 0.884. The van der Waals surface area contributed by atoms with Crippen LogP contribution < -0.4 is 5.32 Å². The molecule has 1 N–H and O–H groups in total. The van der Waals surface area contributed by atoms with E-state index in [1.54, 1.807) is 28.6 Å². The quantitative estimate of drug-likeness (QED) is 0.851. The first-order chi connectivity index (χ1) is 13.0.